The second kappa shape index (κ2) is 12.7. The van der Waals surface area contributed by atoms with Crippen molar-refractivity contribution < 1.29 is 14.3 Å². The van der Waals surface area contributed by atoms with E-state index in [2.05, 4.69) is 37.5 Å². The van der Waals surface area contributed by atoms with Gasteiger partial charge in [-0.25, -0.2) is 4.98 Å². The van der Waals surface area contributed by atoms with E-state index in [-0.39, 0.29) is 12.5 Å². The summed E-state index contributed by atoms with van der Waals surface area (Å²) >= 11 is 1.73. The number of nitrogens with one attached hydrogen (secondary N) is 1. The maximum atomic E-state index is 12.3. The number of pyridine rings is 1. The molecule has 2 fully saturated rings. The lowest BCUT2D eigenvalue weighted by atomic mass is 10.1. The molecule has 2 aromatic heterocycles. The molecule has 1 N–H and O–H groups in total. The van der Waals surface area contributed by atoms with Gasteiger partial charge in [-0.3, -0.25) is 14.7 Å². The largest absolute Gasteiger partial charge is 0.481 e. The molecule has 0 bridgehead atoms. The van der Waals surface area contributed by atoms with E-state index in [0.717, 1.165) is 111 Å². The van der Waals surface area contributed by atoms with Gasteiger partial charge < -0.3 is 24.6 Å². The second-order valence-electron chi connectivity index (χ2n) is 9.92. The van der Waals surface area contributed by atoms with Crippen LogP contribution in [-0.4, -0.2) is 86.4 Å². The summed E-state index contributed by atoms with van der Waals surface area (Å²) in [6.45, 7) is 12.6. The Balaban J connectivity index is 1.30. The molecule has 0 radical (unpaired) electrons. The van der Waals surface area contributed by atoms with Crippen molar-refractivity contribution in [3.63, 3.8) is 0 Å². The monoisotopic (exact) mass is 538 g/mol. The summed E-state index contributed by atoms with van der Waals surface area (Å²) in [4.78, 5) is 29.2. The summed E-state index contributed by atoms with van der Waals surface area (Å²) in [5.41, 5.74) is 4.07. The fraction of sp³-hybridized carbons (Fsp3) is 0.536. The van der Waals surface area contributed by atoms with Crippen molar-refractivity contribution in [2.24, 2.45) is 0 Å². The van der Waals surface area contributed by atoms with Crippen LogP contribution in [0.3, 0.4) is 0 Å². The molecule has 204 valence electrons. The first-order valence-corrected chi connectivity index (χ1v) is 14.5. The number of benzene rings is 1. The fourth-order valence-corrected chi connectivity index (χ4v) is 5.97. The molecule has 3 aromatic rings. The number of nitrogens with zero attached hydrogens (tertiary/aromatic N) is 5. The lowest BCUT2D eigenvalue weighted by Crippen LogP contribution is -2.36. The Labute approximate surface area is 228 Å². The minimum absolute atomic E-state index is 0.00144. The van der Waals surface area contributed by atoms with Gasteiger partial charge in [-0.1, -0.05) is 13.0 Å². The number of hydrogen-bond donors (Lipinski definition) is 1. The third-order valence-corrected chi connectivity index (χ3v) is 7.99. The zero-order valence-electron chi connectivity index (χ0n) is 22.4. The van der Waals surface area contributed by atoms with E-state index in [0.29, 0.717) is 6.54 Å². The van der Waals surface area contributed by atoms with Gasteiger partial charge in [0.2, 0.25) is 0 Å². The topological polar surface area (TPSA) is 83.1 Å². The van der Waals surface area contributed by atoms with E-state index in [1.807, 2.05) is 26.1 Å². The van der Waals surface area contributed by atoms with Gasteiger partial charge >= 0.3 is 0 Å². The number of ether oxygens (including phenoxy) is 2. The highest BCUT2D eigenvalue weighted by molar-refractivity contribution is 7.13. The summed E-state index contributed by atoms with van der Waals surface area (Å²) in [5, 5.41) is 7.29. The van der Waals surface area contributed by atoms with E-state index in [1.165, 1.54) is 0 Å². The second-order valence-corrected chi connectivity index (χ2v) is 10.8. The average Bonchev–Trinajstić information content (AvgIpc) is 3.29. The summed E-state index contributed by atoms with van der Waals surface area (Å²) in [7, 11) is 0. The lowest BCUT2D eigenvalue weighted by Gasteiger charge is -2.27. The number of rotatable bonds is 9. The van der Waals surface area contributed by atoms with Crippen LogP contribution in [0.4, 0.5) is 10.8 Å². The molecular formula is C28H38N6O3S. The molecule has 2 aliphatic heterocycles. The van der Waals surface area contributed by atoms with Crippen molar-refractivity contribution >= 4 is 39.0 Å². The molecule has 9 nitrogen and oxygen atoms in total. The first kappa shape index (κ1) is 26.6. The molecule has 0 unspecified atom stereocenters. The predicted octanol–water partition coefficient (Wildman–Crippen LogP) is 3.45. The van der Waals surface area contributed by atoms with Crippen LogP contribution in [0, 0.1) is 6.92 Å². The van der Waals surface area contributed by atoms with Crippen molar-refractivity contribution in [2.45, 2.75) is 33.2 Å². The molecule has 2 aliphatic rings. The first-order valence-electron chi connectivity index (χ1n) is 13.6. The van der Waals surface area contributed by atoms with Gasteiger partial charge in [0.1, 0.15) is 11.4 Å². The molecule has 0 spiro atoms. The highest BCUT2D eigenvalue weighted by Crippen LogP contribution is 2.39. The van der Waals surface area contributed by atoms with Gasteiger partial charge in [0.05, 0.1) is 24.4 Å². The SMILES string of the molecule is CCCNC(=O)COc1c(C)cc2cccnc2c1N1CCCN(Cc2csc(N3CCOCC3)n2)CC1. The van der Waals surface area contributed by atoms with Crippen LogP contribution in [0.2, 0.25) is 0 Å². The zero-order valence-corrected chi connectivity index (χ0v) is 23.3. The molecule has 4 heterocycles. The van der Waals surface area contributed by atoms with Gasteiger partial charge in [0, 0.05) is 69.3 Å². The molecule has 0 atom stereocenters. The summed E-state index contributed by atoms with van der Waals surface area (Å²) in [5.74, 6) is 0.658. The number of aryl methyl sites for hydroxylation is 1. The number of carbonyl (C=O) groups is 1. The van der Waals surface area contributed by atoms with Gasteiger partial charge in [-0.2, -0.15) is 0 Å². The normalized spacial score (nSPS) is 17.0. The van der Waals surface area contributed by atoms with Crippen LogP contribution in [0.15, 0.2) is 29.8 Å². The van der Waals surface area contributed by atoms with Gasteiger partial charge in [-0.15, -0.1) is 11.3 Å². The van der Waals surface area contributed by atoms with Crippen LogP contribution in [-0.2, 0) is 16.1 Å². The summed E-state index contributed by atoms with van der Waals surface area (Å²) < 4.78 is 11.7. The maximum Gasteiger partial charge on any atom is 0.257 e. The number of thiazole rings is 1. The molecule has 0 saturated carbocycles. The third-order valence-electron chi connectivity index (χ3n) is 7.04. The van der Waals surface area contributed by atoms with Gasteiger partial charge in [-0.05, 0) is 37.5 Å². The Kier molecular flexibility index (Phi) is 8.93. The molecule has 0 aliphatic carbocycles. The fourth-order valence-electron chi connectivity index (χ4n) is 5.10. The Morgan fingerprint density at radius 2 is 2.03 bits per heavy atom. The predicted molar refractivity (Wildman–Crippen MR) is 153 cm³/mol. The van der Waals surface area contributed by atoms with Crippen LogP contribution < -0.4 is 19.9 Å². The number of aromatic nitrogens is 2. The van der Waals surface area contributed by atoms with E-state index < -0.39 is 0 Å². The third kappa shape index (κ3) is 6.36. The maximum absolute atomic E-state index is 12.3. The minimum Gasteiger partial charge on any atom is -0.481 e. The minimum atomic E-state index is -0.0972. The molecule has 38 heavy (non-hydrogen) atoms. The molecule has 10 heteroatoms. The van der Waals surface area contributed by atoms with Crippen molar-refractivity contribution in [1.82, 2.24) is 20.2 Å². The van der Waals surface area contributed by atoms with Crippen molar-refractivity contribution in [2.75, 3.05) is 75.4 Å². The highest BCUT2D eigenvalue weighted by atomic mass is 32.1. The van der Waals surface area contributed by atoms with Crippen molar-refractivity contribution in [3.05, 3.63) is 41.0 Å². The first-order chi connectivity index (χ1) is 18.6. The Morgan fingerprint density at radius 3 is 2.87 bits per heavy atom. The molecule has 5 rings (SSSR count). The van der Waals surface area contributed by atoms with Crippen LogP contribution in [0.5, 0.6) is 5.75 Å². The van der Waals surface area contributed by atoms with Crippen molar-refractivity contribution in [1.29, 1.82) is 0 Å². The molecular weight excluding hydrogens is 500 g/mol. The molecule has 1 amide bonds. The van der Waals surface area contributed by atoms with E-state index >= 15 is 0 Å². The van der Waals surface area contributed by atoms with Crippen LogP contribution in [0.25, 0.3) is 10.9 Å². The van der Waals surface area contributed by atoms with E-state index in [1.54, 1.807) is 11.3 Å². The smallest absolute Gasteiger partial charge is 0.257 e. The lowest BCUT2D eigenvalue weighted by molar-refractivity contribution is -0.123. The average molecular weight is 539 g/mol. The molecule has 2 saturated heterocycles. The number of morpholine rings is 1. The summed E-state index contributed by atoms with van der Waals surface area (Å²) in [6.07, 6.45) is 3.76. The van der Waals surface area contributed by atoms with Crippen LogP contribution in [0.1, 0.15) is 31.0 Å². The Bertz CT molecular complexity index is 1230. The van der Waals surface area contributed by atoms with Crippen molar-refractivity contribution in [3.8, 4) is 5.75 Å². The number of amides is 1. The quantitative estimate of drug-likeness (QED) is 0.444. The highest BCUT2D eigenvalue weighted by Gasteiger charge is 2.24. The number of carbonyl (C=O) groups excluding carboxylic acids is 1. The summed E-state index contributed by atoms with van der Waals surface area (Å²) in [6, 6.07) is 6.16. The van der Waals surface area contributed by atoms with Crippen LogP contribution >= 0.6 is 11.3 Å². The number of fused-ring (bicyclic) bond motifs is 1. The van der Waals surface area contributed by atoms with E-state index in [9.17, 15) is 4.79 Å². The zero-order chi connectivity index (χ0) is 26.3. The van der Waals surface area contributed by atoms with Gasteiger partial charge in [0.25, 0.3) is 5.91 Å². The number of hydrogen-bond acceptors (Lipinski definition) is 9. The van der Waals surface area contributed by atoms with E-state index in [4.69, 9.17) is 19.4 Å². The Hall–Kier alpha value is -2.95. The number of anilines is 2. The van der Waals surface area contributed by atoms with Gasteiger partial charge in [0.15, 0.2) is 11.7 Å². The molecule has 1 aromatic carbocycles. The standard InChI is InChI=1S/C28H38N6O3S/c1-3-7-29-24(35)19-37-27-21(2)17-22-6-4-8-30-25(22)26(27)33-10-5-9-32(11-12-33)18-23-20-38-28(31-23)34-13-15-36-16-14-34/h4,6,8,17,20H,3,5,7,9-16,18-19H2,1-2H3,(H,29,35). The Morgan fingerprint density at radius 1 is 1.16 bits per heavy atom.